The van der Waals surface area contributed by atoms with Crippen LogP contribution in [0.3, 0.4) is 0 Å². The van der Waals surface area contributed by atoms with Gasteiger partial charge >= 0.3 is 0 Å². The number of thiophene rings is 1. The van der Waals surface area contributed by atoms with Gasteiger partial charge in [-0.25, -0.2) is 0 Å². The summed E-state index contributed by atoms with van der Waals surface area (Å²) in [6.45, 7) is 3.74. The fourth-order valence-corrected chi connectivity index (χ4v) is 4.17. The zero-order valence-corrected chi connectivity index (χ0v) is 16.8. The molecule has 1 unspecified atom stereocenters. The van der Waals surface area contributed by atoms with Gasteiger partial charge in [-0.05, 0) is 37.1 Å². The van der Waals surface area contributed by atoms with Crippen molar-refractivity contribution in [1.82, 2.24) is 0 Å². The highest BCUT2D eigenvalue weighted by molar-refractivity contribution is 7.17. The standard InChI is InChI=1S/C22H22N2O3S/c1-13(15-9-11-17(27-3)12-10-15)21(26)24-22-19(20(23)25)18(14(2)28-22)16-7-5-4-6-8-16/h4-13H,1-3H3,(H2,23,25)(H,24,26). The number of methoxy groups -OCH3 is 1. The first-order chi connectivity index (χ1) is 13.4. The topological polar surface area (TPSA) is 81.4 Å². The molecule has 1 aromatic heterocycles. The second kappa shape index (κ2) is 8.27. The van der Waals surface area contributed by atoms with E-state index in [-0.39, 0.29) is 5.91 Å². The van der Waals surface area contributed by atoms with Crippen molar-refractivity contribution in [2.75, 3.05) is 12.4 Å². The summed E-state index contributed by atoms with van der Waals surface area (Å²) in [5.41, 5.74) is 8.54. The first-order valence-electron chi connectivity index (χ1n) is 8.85. The molecule has 3 rings (SSSR count). The van der Waals surface area contributed by atoms with E-state index in [1.165, 1.54) is 11.3 Å². The first kappa shape index (κ1) is 19.6. The van der Waals surface area contributed by atoms with E-state index in [0.717, 1.165) is 27.3 Å². The van der Waals surface area contributed by atoms with E-state index in [0.29, 0.717) is 10.6 Å². The molecule has 0 aliphatic rings. The first-order valence-corrected chi connectivity index (χ1v) is 9.67. The Kier molecular flexibility index (Phi) is 5.80. The van der Waals surface area contributed by atoms with Gasteiger partial charge in [-0.3, -0.25) is 9.59 Å². The lowest BCUT2D eigenvalue weighted by Gasteiger charge is -2.13. The van der Waals surface area contributed by atoms with Gasteiger partial charge in [-0.15, -0.1) is 11.3 Å². The minimum absolute atomic E-state index is 0.200. The Morgan fingerprint density at radius 2 is 1.71 bits per heavy atom. The van der Waals surface area contributed by atoms with Crippen molar-refractivity contribution in [2.45, 2.75) is 19.8 Å². The highest BCUT2D eigenvalue weighted by atomic mass is 32.1. The van der Waals surface area contributed by atoms with Gasteiger partial charge in [0.25, 0.3) is 5.91 Å². The molecule has 1 heterocycles. The predicted octanol–water partition coefficient (Wildman–Crippen LogP) is 4.57. The number of nitrogens with two attached hydrogens (primary N) is 1. The summed E-state index contributed by atoms with van der Waals surface area (Å²) in [6.07, 6.45) is 0. The van der Waals surface area contributed by atoms with E-state index in [1.54, 1.807) is 7.11 Å². The number of ether oxygens (including phenoxy) is 1. The summed E-state index contributed by atoms with van der Waals surface area (Å²) in [7, 11) is 1.60. The number of primary amides is 1. The number of benzene rings is 2. The molecule has 0 saturated heterocycles. The second-order valence-electron chi connectivity index (χ2n) is 6.45. The Morgan fingerprint density at radius 3 is 2.29 bits per heavy atom. The summed E-state index contributed by atoms with van der Waals surface area (Å²) in [4.78, 5) is 25.9. The van der Waals surface area contributed by atoms with Crippen LogP contribution in [0.15, 0.2) is 54.6 Å². The maximum Gasteiger partial charge on any atom is 0.252 e. The molecule has 0 aliphatic heterocycles. The Balaban J connectivity index is 1.91. The molecule has 1 atom stereocenters. The Labute approximate surface area is 168 Å². The van der Waals surface area contributed by atoms with Crippen LogP contribution in [-0.4, -0.2) is 18.9 Å². The quantitative estimate of drug-likeness (QED) is 0.642. The maximum atomic E-state index is 12.8. The Hall–Kier alpha value is -3.12. The Bertz CT molecular complexity index is 995. The smallest absolute Gasteiger partial charge is 0.252 e. The minimum Gasteiger partial charge on any atom is -0.497 e. The number of carbonyl (C=O) groups excluding carboxylic acids is 2. The summed E-state index contributed by atoms with van der Waals surface area (Å²) in [5, 5.41) is 3.38. The van der Waals surface area contributed by atoms with E-state index >= 15 is 0 Å². The largest absolute Gasteiger partial charge is 0.497 e. The van der Waals surface area contributed by atoms with Gasteiger partial charge in [0.05, 0.1) is 18.6 Å². The van der Waals surface area contributed by atoms with Crippen LogP contribution < -0.4 is 15.8 Å². The molecule has 144 valence electrons. The van der Waals surface area contributed by atoms with Gasteiger partial charge in [-0.2, -0.15) is 0 Å². The minimum atomic E-state index is -0.560. The van der Waals surface area contributed by atoms with Crippen LogP contribution in [0, 0.1) is 6.92 Å². The zero-order valence-electron chi connectivity index (χ0n) is 16.0. The van der Waals surface area contributed by atoms with Crippen LogP contribution in [0.25, 0.3) is 11.1 Å². The number of hydrogen-bond acceptors (Lipinski definition) is 4. The summed E-state index contributed by atoms with van der Waals surface area (Å²) in [5.74, 6) is -0.424. The lowest BCUT2D eigenvalue weighted by Crippen LogP contribution is -2.21. The summed E-state index contributed by atoms with van der Waals surface area (Å²) in [6, 6.07) is 16.9. The highest BCUT2D eigenvalue weighted by Gasteiger charge is 2.24. The zero-order chi connectivity index (χ0) is 20.3. The lowest BCUT2D eigenvalue weighted by atomic mass is 9.99. The molecule has 5 nitrogen and oxygen atoms in total. The van der Waals surface area contributed by atoms with Crippen molar-refractivity contribution in [3.8, 4) is 16.9 Å². The van der Waals surface area contributed by atoms with Crippen LogP contribution in [0.5, 0.6) is 5.75 Å². The van der Waals surface area contributed by atoms with Gasteiger partial charge in [0.2, 0.25) is 5.91 Å². The van der Waals surface area contributed by atoms with Crippen molar-refractivity contribution in [1.29, 1.82) is 0 Å². The van der Waals surface area contributed by atoms with Crippen LogP contribution >= 0.6 is 11.3 Å². The second-order valence-corrected chi connectivity index (χ2v) is 7.68. The number of carbonyl (C=O) groups is 2. The summed E-state index contributed by atoms with van der Waals surface area (Å²) < 4.78 is 5.15. The molecule has 0 fully saturated rings. The van der Waals surface area contributed by atoms with Gasteiger partial charge in [0, 0.05) is 10.4 Å². The lowest BCUT2D eigenvalue weighted by molar-refractivity contribution is -0.117. The van der Waals surface area contributed by atoms with Crippen molar-refractivity contribution in [2.24, 2.45) is 5.73 Å². The molecule has 3 N–H and O–H groups in total. The maximum absolute atomic E-state index is 12.8. The number of hydrogen-bond donors (Lipinski definition) is 2. The average Bonchev–Trinajstić information content (AvgIpc) is 3.04. The molecule has 0 radical (unpaired) electrons. The monoisotopic (exact) mass is 394 g/mol. The molecule has 3 aromatic rings. The average molecular weight is 394 g/mol. The Morgan fingerprint density at radius 1 is 1.07 bits per heavy atom. The molecule has 2 amide bonds. The highest BCUT2D eigenvalue weighted by Crippen LogP contribution is 2.40. The molecule has 0 spiro atoms. The fourth-order valence-electron chi connectivity index (χ4n) is 3.08. The third-order valence-electron chi connectivity index (χ3n) is 4.64. The molecular weight excluding hydrogens is 372 g/mol. The SMILES string of the molecule is COc1ccc(C(C)C(=O)Nc2sc(C)c(-c3ccccc3)c2C(N)=O)cc1. The molecule has 0 saturated carbocycles. The van der Waals surface area contributed by atoms with Crippen LogP contribution in [0.1, 0.15) is 33.6 Å². The van der Waals surface area contributed by atoms with Crippen LogP contribution in [-0.2, 0) is 4.79 Å². The molecule has 2 aromatic carbocycles. The number of amides is 2. The van der Waals surface area contributed by atoms with Crippen molar-refractivity contribution >= 4 is 28.2 Å². The predicted molar refractivity (Wildman–Crippen MR) is 113 cm³/mol. The van der Waals surface area contributed by atoms with Gasteiger partial charge in [0.1, 0.15) is 10.8 Å². The van der Waals surface area contributed by atoms with E-state index < -0.39 is 11.8 Å². The third kappa shape index (κ3) is 3.92. The van der Waals surface area contributed by atoms with E-state index in [4.69, 9.17) is 10.5 Å². The van der Waals surface area contributed by atoms with Crippen LogP contribution in [0.2, 0.25) is 0 Å². The van der Waals surface area contributed by atoms with E-state index in [2.05, 4.69) is 5.32 Å². The van der Waals surface area contributed by atoms with Gasteiger partial charge in [-0.1, -0.05) is 42.5 Å². The molecular formula is C22H22N2O3S. The fraction of sp³-hybridized carbons (Fsp3) is 0.182. The van der Waals surface area contributed by atoms with Gasteiger partial charge < -0.3 is 15.8 Å². The normalized spacial score (nSPS) is 11.7. The number of anilines is 1. The molecule has 0 bridgehead atoms. The number of rotatable bonds is 6. The summed E-state index contributed by atoms with van der Waals surface area (Å²) >= 11 is 1.36. The van der Waals surface area contributed by atoms with Crippen molar-refractivity contribution in [3.63, 3.8) is 0 Å². The molecule has 28 heavy (non-hydrogen) atoms. The van der Waals surface area contributed by atoms with Crippen molar-refractivity contribution in [3.05, 3.63) is 70.6 Å². The van der Waals surface area contributed by atoms with Crippen molar-refractivity contribution < 1.29 is 14.3 Å². The van der Waals surface area contributed by atoms with Gasteiger partial charge in [0.15, 0.2) is 0 Å². The van der Waals surface area contributed by atoms with Crippen LogP contribution in [0.4, 0.5) is 5.00 Å². The third-order valence-corrected chi connectivity index (χ3v) is 5.66. The number of aryl methyl sites for hydroxylation is 1. The van der Waals surface area contributed by atoms with E-state index in [1.807, 2.05) is 68.4 Å². The van der Waals surface area contributed by atoms with E-state index in [9.17, 15) is 9.59 Å². The number of nitrogens with one attached hydrogen (secondary N) is 1. The molecule has 6 heteroatoms. The molecule has 0 aliphatic carbocycles.